The van der Waals surface area contributed by atoms with Crippen molar-refractivity contribution in [1.82, 2.24) is 0 Å². The van der Waals surface area contributed by atoms with E-state index in [4.69, 9.17) is 5.11 Å². The molecule has 27 heavy (non-hydrogen) atoms. The van der Waals surface area contributed by atoms with Crippen molar-refractivity contribution in [2.24, 2.45) is 40.4 Å². The third kappa shape index (κ3) is 3.21. The third-order valence-electron chi connectivity index (χ3n) is 10.6. The molecule has 0 aliphatic heterocycles. The molecular formula is C25H44O2. The van der Waals surface area contributed by atoms with Crippen LogP contribution < -0.4 is 0 Å². The van der Waals surface area contributed by atoms with Gasteiger partial charge in [-0.1, -0.05) is 27.2 Å². The van der Waals surface area contributed by atoms with E-state index in [0.717, 1.165) is 55.3 Å². The molecular weight excluding hydrogens is 332 g/mol. The standard InChI is InChI=1S/C25H44O2/c1-4-25(27)15-14-24(3)19(17-25)8-10-20-21-11-9-18(7-5-6-16-26)23(21,2)13-12-22(20)24/h18-22,26-27H,4-17H2,1-3H3/t18?,19?,20?,21?,22?,23?,24?,25-/m0/s1. The highest BCUT2D eigenvalue weighted by molar-refractivity contribution is 5.10. The van der Waals surface area contributed by atoms with Gasteiger partial charge in [-0.05, 0) is 117 Å². The van der Waals surface area contributed by atoms with Crippen molar-refractivity contribution in [3.8, 4) is 0 Å². The summed E-state index contributed by atoms with van der Waals surface area (Å²) < 4.78 is 0. The van der Waals surface area contributed by atoms with Crippen LogP contribution in [-0.4, -0.2) is 22.4 Å². The fourth-order valence-electron chi connectivity index (χ4n) is 8.73. The zero-order valence-electron chi connectivity index (χ0n) is 18.2. The Morgan fingerprint density at radius 1 is 0.852 bits per heavy atom. The van der Waals surface area contributed by atoms with Crippen LogP contribution in [0.4, 0.5) is 0 Å². The van der Waals surface area contributed by atoms with Gasteiger partial charge in [0.1, 0.15) is 0 Å². The summed E-state index contributed by atoms with van der Waals surface area (Å²) in [4.78, 5) is 0. The zero-order valence-corrected chi connectivity index (χ0v) is 18.2. The normalized spacial score (nSPS) is 52.1. The molecule has 2 nitrogen and oxygen atoms in total. The monoisotopic (exact) mass is 376 g/mol. The maximum atomic E-state index is 10.9. The highest BCUT2D eigenvalue weighted by Crippen LogP contribution is 2.68. The molecule has 0 aromatic carbocycles. The van der Waals surface area contributed by atoms with Gasteiger partial charge >= 0.3 is 0 Å². The lowest BCUT2D eigenvalue weighted by molar-refractivity contribution is -0.151. The molecule has 0 radical (unpaired) electrons. The van der Waals surface area contributed by atoms with Crippen molar-refractivity contribution in [3.05, 3.63) is 0 Å². The maximum Gasteiger partial charge on any atom is 0.0648 e. The molecule has 8 atom stereocenters. The lowest BCUT2D eigenvalue weighted by atomic mass is 9.43. The molecule has 4 aliphatic carbocycles. The average molecular weight is 377 g/mol. The van der Waals surface area contributed by atoms with Crippen LogP contribution in [0.15, 0.2) is 0 Å². The molecule has 0 heterocycles. The fraction of sp³-hybridized carbons (Fsp3) is 1.00. The Balaban J connectivity index is 1.49. The lowest BCUT2D eigenvalue weighted by Crippen LogP contribution is -2.55. The quantitative estimate of drug-likeness (QED) is 0.582. The van der Waals surface area contributed by atoms with Crippen LogP contribution in [-0.2, 0) is 0 Å². The highest BCUT2D eigenvalue weighted by Gasteiger charge is 2.60. The van der Waals surface area contributed by atoms with Crippen molar-refractivity contribution in [2.75, 3.05) is 6.61 Å². The van der Waals surface area contributed by atoms with Crippen molar-refractivity contribution in [1.29, 1.82) is 0 Å². The van der Waals surface area contributed by atoms with E-state index in [0.29, 0.717) is 17.4 Å². The Morgan fingerprint density at radius 3 is 2.37 bits per heavy atom. The van der Waals surface area contributed by atoms with Gasteiger partial charge in [0.05, 0.1) is 5.60 Å². The SMILES string of the molecule is CC[C@]1(O)CCC2(C)C(CCC3C4CCC(CCCCO)C4(C)CCC32)C1. The van der Waals surface area contributed by atoms with E-state index in [1.54, 1.807) is 0 Å². The number of aliphatic hydroxyl groups excluding tert-OH is 1. The van der Waals surface area contributed by atoms with Crippen LogP contribution >= 0.6 is 0 Å². The van der Waals surface area contributed by atoms with Crippen molar-refractivity contribution < 1.29 is 10.2 Å². The molecule has 4 aliphatic rings. The Labute approximate surface area is 167 Å². The minimum Gasteiger partial charge on any atom is -0.396 e. The first-order chi connectivity index (χ1) is 12.9. The molecule has 7 unspecified atom stereocenters. The molecule has 0 aromatic rings. The Bertz CT molecular complexity index is 532. The number of rotatable bonds is 5. The summed E-state index contributed by atoms with van der Waals surface area (Å²) in [6, 6.07) is 0. The minimum absolute atomic E-state index is 0.363. The number of unbranched alkanes of at least 4 members (excludes halogenated alkanes) is 1. The molecule has 2 N–H and O–H groups in total. The van der Waals surface area contributed by atoms with E-state index in [9.17, 15) is 5.11 Å². The van der Waals surface area contributed by atoms with E-state index < -0.39 is 0 Å². The second-order valence-electron chi connectivity index (χ2n) is 11.5. The van der Waals surface area contributed by atoms with E-state index in [1.165, 1.54) is 57.8 Å². The number of aliphatic hydroxyl groups is 2. The Morgan fingerprint density at radius 2 is 1.63 bits per heavy atom. The van der Waals surface area contributed by atoms with E-state index in [2.05, 4.69) is 20.8 Å². The van der Waals surface area contributed by atoms with Gasteiger partial charge in [-0.2, -0.15) is 0 Å². The van der Waals surface area contributed by atoms with Gasteiger partial charge in [0.15, 0.2) is 0 Å². The Kier molecular flexibility index (Phi) is 5.47. The number of hydrogen-bond donors (Lipinski definition) is 2. The van der Waals surface area contributed by atoms with Gasteiger partial charge in [-0.3, -0.25) is 0 Å². The predicted octanol–water partition coefficient (Wildman–Crippen LogP) is 5.95. The van der Waals surface area contributed by atoms with Gasteiger partial charge < -0.3 is 10.2 Å². The number of hydrogen-bond acceptors (Lipinski definition) is 2. The van der Waals surface area contributed by atoms with Crippen LogP contribution in [0.25, 0.3) is 0 Å². The highest BCUT2D eigenvalue weighted by atomic mass is 16.3. The summed E-state index contributed by atoms with van der Waals surface area (Å²) in [5, 5.41) is 20.1. The summed E-state index contributed by atoms with van der Waals surface area (Å²) in [7, 11) is 0. The third-order valence-corrected chi connectivity index (χ3v) is 10.6. The first-order valence-corrected chi connectivity index (χ1v) is 12.2. The summed E-state index contributed by atoms with van der Waals surface area (Å²) in [6.45, 7) is 7.78. The van der Waals surface area contributed by atoms with Crippen molar-refractivity contribution in [2.45, 2.75) is 110 Å². The van der Waals surface area contributed by atoms with E-state index in [1.807, 2.05) is 0 Å². The Hall–Kier alpha value is -0.0800. The summed E-state index contributed by atoms with van der Waals surface area (Å²) in [5.74, 6) is 4.45. The zero-order chi connectivity index (χ0) is 19.3. The topological polar surface area (TPSA) is 40.5 Å². The number of fused-ring (bicyclic) bond motifs is 5. The molecule has 0 spiro atoms. The summed E-state index contributed by atoms with van der Waals surface area (Å²) in [5.41, 5.74) is 0.685. The summed E-state index contributed by atoms with van der Waals surface area (Å²) >= 11 is 0. The minimum atomic E-state index is -0.370. The maximum absolute atomic E-state index is 10.9. The van der Waals surface area contributed by atoms with E-state index >= 15 is 0 Å². The molecule has 0 amide bonds. The summed E-state index contributed by atoms with van der Waals surface area (Å²) in [6.07, 6.45) is 16.4. The predicted molar refractivity (Wildman–Crippen MR) is 111 cm³/mol. The van der Waals surface area contributed by atoms with Gasteiger partial charge in [-0.25, -0.2) is 0 Å². The molecule has 4 saturated carbocycles. The molecule has 4 fully saturated rings. The lowest BCUT2D eigenvalue weighted by Gasteiger charge is -2.62. The van der Waals surface area contributed by atoms with Gasteiger partial charge in [0.25, 0.3) is 0 Å². The van der Waals surface area contributed by atoms with Crippen LogP contribution in [0.5, 0.6) is 0 Å². The van der Waals surface area contributed by atoms with Crippen LogP contribution in [0.1, 0.15) is 104 Å². The molecule has 0 saturated heterocycles. The average Bonchev–Trinajstić information content (AvgIpc) is 2.99. The second-order valence-corrected chi connectivity index (χ2v) is 11.5. The van der Waals surface area contributed by atoms with Gasteiger partial charge in [0.2, 0.25) is 0 Å². The fourth-order valence-corrected chi connectivity index (χ4v) is 8.73. The van der Waals surface area contributed by atoms with Crippen LogP contribution in [0, 0.1) is 40.4 Å². The second kappa shape index (κ2) is 7.31. The van der Waals surface area contributed by atoms with Gasteiger partial charge in [0, 0.05) is 6.61 Å². The van der Waals surface area contributed by atoms with Crippen LogP contribution in [0.2, 0.25) is 0 Å². The van der Waals surface area contributed by atoms with Gasteiger partial charge in [-0.15, -0.1) is 0 Å². The molecule has 2 heteroatoms. The molecule has 0 aromatic heterocycles. The first-order valence-electron chi connectivity index (χ1n) is 12.2. The first kappa shape index (κ1) is 20.2. The van der Waals surface area contributed by atoms with Crippen molar-refractivity contribution in [3.63, 3.8) is 0 Å². The molecule has 156 valence electrons. The molecule has 4 rings (SSSR count). The van der Waals surface area contributed by atoms with Crippen LogP contribution in [0.3, 0.4) is 0 Å². The largest absolute Gasteiger partial charge is 0.396 e. The molecule has 0 bridgehead atoms. The van der Waals surface area contributed by atoms with Crippen molar-refractivity contribution >= 4 is 0 Å². The smallest absolute Gasteiger partial charge is 0.0648 e. The van der Waals surface area contributed by atoms with E-state index in [-0.39, 0.29) is 5.60 Å².